The number of carbonyl (C=O) groups is 1. The van der Waals surface area contributed by atoms with Crippen LogP contribution < -0.4 is 0 Å². The summed E-state index contributed by atoms with van der Waals surface area (Å²) in [5.41, 5.74) is 2.01. The first-order valence-corrected chi connectivity index (χ1v) is 11.1. The highest BCUT2D eigenvalue weighted by atomic mass is 28.3. The van der Waals surface area contributed by atoms with E-state index in [0.29, 0.717) is 12.8 Å². The third kappa shape index (κ3) is 4.27. The van der Waals surface area contributed by atoms with E-state index in [9.17, 15) is 4.79 Å². The van der Waals surface area contributed by atoms with Crippen LogP contribution in [0.5, 0.6) is 0 Å². The Balaban J connectivity index is 2.30. The maximum atomic E-state index is 11.9. The van der Waals surface area contributed by atoms with Crippen molar-refractivity contribution in [1.82, 2.24) is 4.67 Å². The summed E-state index contributed by atoms with van der Waals surface area (Å²) in [7, 11) is -1.44. The van der Waals surface area contributed by atoms with Crippen LogP contribution in [0.1, 0.15) is 38.2 Å². The highest BCUT2D eigenvalue weighted by Crippen LogP contribution is 2.25. The second kappa shape index (κ2) is 7.03. The van der Waals surface area contributed by atoms with Crippen LogP contribution in [-0.4, -0.2) is 30.9 Å². The van der Waals surface area contributed by atoms with E-state index in [1.54, 1.807) is 0 Å². The van der Waals surface area contributed by atoms with Crippen LogP contribution in [0.2, 0.25) is 19.1 Å². The summed E-state index contributed by atoms with van der Waals surface area (Å²) >= 11 is 0. The van der Waals surface area contributed by atoms with Crippen LogP contribution >= 0.6 is 0 Å². The Kier molecular flexibility index (Phi) is 5.34. The molecule has 1 aliphatic heterocycles. The molecule has 1 fully saturated rings. The summed E-state index contributed by atoms with van der Waals surface area (Å²) in [4.78, 5) is 11.9. The van der Waals surface area contributed by atoms with Crippen LogP contribution in [0.25, 0.3) is 0 Å². The molecule has 1 aliphatic rings. The molecule has 114 valence electrons. The van der Waals surface area contributed by atoms with Crippen molar-refractivity contribution in [3.63, 3.8) is 0 Å². The van der Waals surface area contributed by atoms with Gasteiger partial charge in [-0.1, -0.05) is 56.8 Å². The third-order valence-electron chi connectivity index (χ3n) is 4.21. The molecule has 0 bridgehead atoms. The predicted octanol–water partition coefficient (Wildman–Crippen LogP) is 4.06. The van der Waals surface area contributed by atoms with Crippen LogP contribution in [0.4, 0.5) is 0 Å². The fourth-order valence-electron chi connectivity index (χ4n) is 2.72. The fourth-order valence-corrected chi connectivity index (χ4v) is 5.25. The zero-order valence-corrected chi connectivity index (χ0v) is 14.4. The largest absolute Gasteiger partial charge is 0.324 e. The SMILES string of the molecule is CCC(=O)CC(=NN1CCCC[Si]1(C)C)c1ccccc1. The minimum atomic E-state index is -1.44. The molecule has 2 rings (SSSR count). The summed E-state index contributed by atoms with van der Waals surface area (Å²) in [6.07, 6.45) is 3.55. The van der Waals surface area contributed by atoms with Gasteiger partial charge in [0.25, 0.3) is 0 Å². The highest BCUT2D eigenvalue weighted by molar-refractivity contribution is 6.74. The molecule has 0 aliphatic carbocycles. The Labute approximate surface area is 129 Å². The Bertz CT molecular complexity index is 511. The quantitative estimate of drug-likeness (QED) is 0.607. The van der Waals surface area contributed by atoms with E-state index in [4.69, 9.17) is 5.10 Å². The molecular formula is C17H26N2OSi. The van der Waals surface area contributed by atoms with Crippen LogP contribution in [0, 0.1) is 0 Å². The van der Waals surface area contributed by atoms with Crippen molar-refractivity contribution >= 4 is 19.7 Å². The number of ketones is 1. The monoisotopic (exact) mass is 302 g/mol. The van der Waals surface area contributed by atoms with Gasteiger partial charge >= 0.3 is 0 Å². The fraction of sp³-hybridized carbons (Fsp3) is 0.529. The van der Waals surface area contributed by atoms with Gasteiger partial charge in [-0.2, -0.15) is 5.10 Å². The lowest BCUT2D eigenvalue weighted by Crippen LogP contribution is -2.49. The summed E-state index contributed by atoms with van der Waals surface area (Å²) in [5, 5.41) is 4.94. The zero-order chi connectivity index (χ0) is 15.3. The van der Waals surface area contributed by atoms with Gasteiger partial charge in [0.2, 0.25) is 0 Å². The minimum absolute atomic E-state index is 0.258. The van der Waals surface area contributed by atoms with E-state index < -0.39 is 8.24 Å². The van der Waals surface area contributed by atoms with Crippen molar-refractivity contribution in [2.45, 2.75) is 51.7 Å². The van der Waals surface area contributed by atoms with Crippen molar-refractivity contribution in [3.05, 3.63) is 35.9 Å². The van der Waals surface area contributed by atoms with Crippen molar-refractivity contribution in [2.24, 2.45) is 5.10 Å². The normalized spacial score (nSPS) is 18.6. The Morgan fingerprint density at radius 2 is 1.95 bits per heavy atom. The first-order chi connectivity index (χ1) is 10.0. The average Bonchev–Trinajstić information content (AvgIpc) is 2.49. The molecule has 1 heterocycles. The predicted molar refractivity (Wildman–Crippen MR) is 91.1 cm³/mol. The van der Waals surface area contributed by atoms with Gasteiger partial charge in [-0.25, -0.2) is 0 Å². The number of hydrogen-bond donors (Lipinski definition) is 0. The molecule has 21 heavy (non-hydrogen) atoms. The van der Waals surface area contributed by atoms with E-state index in [1.165, 1.54) is 18.9 Å². The van der Waals surface area contributed by atoms with Gasteiger partial charge in [0.1, 0.15) is 5.78 Å². The maximum Gasteiger partial charge on any atom is 0.172 e. The van der Waals surface area contributed by atoms with Gasteiger partial charge in [0, 0.05) is 13.0 Å². The second-order valence-electron chi connectivity index (χ2n) is 6.37. The summed E-state index contributed by atoms with van der Waals surface area (Å²) < 4.78 is 2.32. The van der Waals surface area contributed by atoms with Gasteiger partial charge < -0.3 is 4.67 Å². The molecule has 0 radical (unpaired) electrons. The summed E-state index contributed by atoms with van der Waals surface area (Å²) in [6.45, 7) is 7.71. The highest BCUT2D eigenvalue weighted by Gasteiger charge is 2.32. The van der Waals surface area contributed by atoms with E-state index >= 15 is 0 Å². The molecule has 0 atom stereocenters. The molecular weight excluding hydrogens is 276 g/mol. The molecule has 3 nitrogen and oxygen atoms in total. The summed E-state index contributed by atoms with van der Waals surface area (Å²) in [5.74, 6) is 0.258. The second-order valence-corrected chi connectivity index (χ2v) is 11.0. The lowest BCUT2D eigenvalue weighted by atomic mass is 10.0. The maximum absolute atomic E-state index is 11.9. The van der Waals surface area contributed by atoms with Gasteiger partial charge in [0.05, 0.1) is 12.1 Å². The number of Topliss-reactive ketones (excluding diaryl/α,β-unsaturated/α-hetero) is 1. The number of carbonyl (C=O) groups excluding carboxylic acids is 1. The molecule has 0 spiro atoms. The van der Waals surface area contributed by atoms with Gasteiger partial charge in [-0.05, 0) is 18.0 Å². The Morgan fingerprint density at radius 3 is 2.57 bits per heavy atom. The minimum Gasteiger partial charge on any atom is -0.324 e. The van der Waals surface area contributed by atoms with Crippen LogP contribution in [-0.2, 0) is 4.79 Å². The zero-order valence-electron chi connectivity index (χ0n) is 13.4. The lowest BCUT2D eigenvalue weighted by Gasteiger charge is -2.39. The molecule has 0 unspecified atom stereocenters. The topological polar surface area (TPSA) is 32.7 Å². The number of nitrogens with zero attached hydrogens (tertiary/aromatic N) is 2. The average molecular weight is 302 g/mol. The molecule has 1 aromatic rings. The number of hydrazone groups is 1. The molecule has 1 aromatic carbocycles. The molecule has 0 saturated carbocycles. The first kappa shape index (κ1) is 16.0. The van der Waals surface area contributed by atoms with Gasteiger partial charge in [0.15, 0.2) is 8.24 Å². The summed E-state index contributed by atoms with van der Waals surface area (Å²) in [6, 6.07) is 11.4. The van der Waals surface area contributed by atoms with Crippen molar-refractivity contribution in [2.75, 3.05) is 6.54 Å². The first-order valence-electron chi connectivity index (χ1n) is 7.95. The lowest BCUT2D eigenvalue weighted by molar-refractivity contribution is -0.117. The standard InChI is InChI=1S/C17H26N2OSi/c1-4-16(20)14-17(15-10-6-5-7-11-15)18-19-12-8-9-13-21(19,2)3/h5-7,10-11H,4,8-9,12-14H2,1-3H3. The van der Waals surface area contributed by atoms with Crippen molar-refractivity contribution in [1.29, 1.82) is 0 Å². The molecule has 0 amide bonds. The van der Waals surface area contributed by atoms with Gasteiger partial charge in [-0.15, -0.1) is 0 Å². The number of hydrogen-bond acceptors (Lipinski definition) is 3. The van der Waals surface area contributed by atoms with E-state index in [-0.39, 0.29) is 5.78 Å². The molecule has 0 aromatic heterocycles. The number of benzene rings is 1. The number of rotatable bonds is 5. The smallest absolute Gasteiger partial charge is 0.172 e. The van der Waals surface area contributed by atoms with Crippen molar-refractivity contribution < 1.29 is 4.79 Å². The van der Waals surface area contributed by atoms with E-state index in [0.717, 1.165) is 17.8 Å². The van der Waals surface area contributed by atoms with Crippen molar-refractivity contribution in [3.8, 4) is 0 Å². The van der Waals surface area contributed by atoms with Gasteiger partial charge in [-0.3, -0.25) is 4.79 Å². The molecule has 4 heteroatoms. The Hall–Kier alpha value is -1.42. The van der Waals surface area contributed by atoms with E-state index in [2.05, 4.69) is 29.9 Å². The third-order valence-corrected chi connectivity index (χ3v) is 7.51. The van der Waals surface area contributed by atoms with E-state index in [1.807, 2.05) is 25.1 Å². The molecule has 1 saturated heterocycles. The molecule has 0 N–H and O–H groups in total. The Morgan fingerprint density at radius 1 is 1.24 bits per heavy atom. The van der Waals surface area contributed by atoms with Crippen LogP contribution in [0.3, 0.4) is 0 Å². The van der Waals surface area contributed by atoms with Crippen LogP contribution in [0.15, 0.2) is 35.4 Å².